The Hall–Kier alpha value is -1.24. The van der Waals surface area contributed by atoms with E-state index in [0.717, 1.165) is 0 Å². The second-order valence-electron chi connectivity index (χ2n) is 2.40. The molecule has 0 atom stereocenters. The average Bonchev–Trinajstić information content (AvgIpc) is 2.03. The number of hydrogen-bond acceptors (Lipinski definition) is 1. The molecule has 0 aliphatic rings. The highest BCUT2D eigenvalue weighted by Crippen LogP contribution is 2.08. The Morgan fingerprint density at radius 2 is 2.00 bits per heavy atom. The van der Waals surface area contributed by atoms with Crippen molar-refractivity contribution < 1.29 is 4.74 Å². The van der Waals surface area contributed by atoms with E-state index in [-0.39, 0.29) is 0 Å². The molecule has 0 heterocycles. The zero-order chi connectivity index (χ0) is 8.10. The fourth-order valence-electron chi connectivity index (χ4n) is 0.915. The van der Waals surface area contributed by atoms with Crippen molar-refractivity contribution in [3.05, 3.63) is 41.7 Å². The van der Waals surface area contributed by atoms with E-state index in [2.05, 4.69) is 19.1 Å². The second kappa shape index (κ2) is 3.81. The van der Waals surface area contributed by atoms with Crippen LogP contribution in [0.15, 0.2) is 30.5 Å². The van der Waals surface area contributed by atoms with Crippen LogP contribution in [0.2, 0.25) is 0 Å². The lowest BCUT2D eigenvalue weighted by atomic mass is 10.1. The van der Waals surface area contributed by atoms with Crippen molar-refractivity contribution in [2.75, 3.05) is 7.11 Å². The molecule has 0 aliphatic heterocycles. The average molecular weight is 148 g/mol. The lowest BCUT2D eigenvalue weighted by Crippen LogP contribution is -1.77. The molecule has 0 saturated heterocycles. The van der Waals surface area contributed by atoms with Gasteiger partial charge in [0.15, 0.2) is 0 Å². The minimum atomic E-state index is 1.20. The smallest absolute Gasteiger partial charge is 0.0830 e. The highest BCUT2D eigenvalue weighted by atomic mass is 16.5. The molecule has 0 fully saturated rings. The fourth-order valence-corrected chi connectivity index (χ4v) is 0.915. The van der Waals surface area contributed by atoms with Gasteiger partial charge in [-0.2, -0.15) is 0 Å². The Morgan fingerprint density at radius 3 is 2.64 bits per heavy atom. The molecule has 1 nitrogen and oxygen atoms in total. The zero-order valence-electron chi connectivity index (χ0n) is 6.87. The van der Waals surface area contributed by atoms with Crippen molar-refractivity contribution >= 4 is 6.08 Å². The van der Waals surface area contributed by atoms with Gasteiger partial charge in [-0.05, 0) is 24.1 Å². The second-order valence-corrected chi connectivity index (χ2v) is 2.40. The maximum Gasteiger partial charge on any atom is 0.0830 e. The van der Waals surface area contributed by atoms with Crippen molar-refractivity contribution in [3.8, 4) is 0 Å². The molecule has 1 aromatic rings. The van der Waals surface area contributed by atoms with Crippen LogP contribution in [0.25, 0.3) is 6.08 Å². The fraction of sp³-hybridized carbons (Fsp3) is 0.200. The van der Waals surface area contributed by atoms with Crippen molar-refractivity contribution in [2.45, 2.75) is 6.92 Å². The van der Waals surface area contributed by atoms with Crippen LogP contribution in [0, 0.1) is 6.92 Å². The molecule has 0 N–H and O–H groups in total. The monoisotopic (exact) mass is 148 g/mol. The zero-order valence-corrected chi connectivity index (χ0v) is 6.87. The number of rotatable bonds is 2. The summed E-state index contributed by atoms with van der Waals surface area (Å²) in [5.41, 5.74) is 2.47. The molecule has 1 aromatic carbocycles. The number of ether oxygens (including phenoxy) is 1. The summed E-state index contributed by atoms with van der Waals surface area (Å²) in [5, 5.41) is 0. The summed E-state index contributed by atoms with van der Waals surface area (Å²) in [6.45, 7) is 2.08. The first-order valence-corrected chi connectivity index (χ1v) is 3.59. The van der Waals surface area contributed by atoms with Gasteiger partial charge < -0.3 is 4.74 Å². The van der Waals surface area contributed by atoms with Gasteiger partial charge in [-0.25, -0.2) is 0 Å². The van der Waals surface area contributed by atoms with Crippen molar-refractivity contribution in [2.24, 2.45) is 0 Å². The quantitative estimate of drug-likeness (QED) is 0.586. The molecule has 1 rings (SSSR count). The van der Waals surface area contributed by atoms with Crippen LogP contribution >= 0.6 is 0 Å². The lowest BCUT2D eigenvalue weighted by Gasteiger charge is -1.97. The van der Waals surface area contributed by atoms with Crippen LogP contribution in [0.5, 0.6) is 0 Å². The largest absolute Gasteiger partial charge is 0.504 e. The lowest BCUT2D eigenvalue weighted by molar-refractivity contribution is 0.341. The summed E-state index contributed by atoms with van der Waals surface area (Å²) in [6.07, 6.45) is 3.64. The van der Waals surface area contributed by atoms with Gasteiger partial charge in [0.1, 0.15) is 0 Å². The van der Waals surface area contributed by atoms with Crippen LogP contribution in [0.4, 0.5) is 0 Å². The predicted octanol–water partition coefficient (Wildman–Crippen LogP) is 2.61. The van der Waals surface area contributed by atoms with Gasteiger partial charge in [0, 0.05) is 0 Å². The summed E-state index contributed by atoms with van der Waals surface area (Å²) >= 11 is 0. The normalized spacial score (nSPS) is 10.4. The molecule has 0 saturated carbocycles. The van der Waals surface area contributed by atoms with Gasteiger partial charge in [-0.1, -0.05) is 24.3 Å². The van der Waals surface area contributed by atoms with E-state index >= 15 is 0 Å². The van der Waals surface area contributed by atoms with Crippen LogP contribution in [-0.4, -0.2) is 7.11 Å². The Morgan fingerprint density at radius 1 is 1.27 bits per heavy atom. The molecule has 0 aromatic heterocycles. The Kier molecular flexibility index (Phi) is 2.73. The van der Waals surface area contributed by atoms with Gasteiger partial charge in [0.25, 0.3) is 0 Å². The Balaban J connectivity index is 2.86. The molecular formula is C10H12O. The Bertz CT molecular complexity index is 251. The predicted molar refractivity (Wildman–Crippen MR) is 47.2 cm³/mol. The first kappa shape index (κ1) is 7.86. The standard InChI is InChI=1S/C10H12O/c1-9-5-3-4-6-10(9)7-8-11-2/h3-8H,1-2H3/b8-7+. The van der Waals surface area contributed by atoms with Crippen LogP contribution < -0.4 is 0 Å². The molecule has 1 heteroatoms. The topological polar surface area (TPSA) is 9.23 Å². The minimum Gasteiger partial charge on any atom is -0.504 e. The Labute approximate surface area is 67.3 Å². The maximum absolute atomic E-state index is 4.82. The molecule has 0 spiro atoms. The van der Waals surface area contributed by atoms with Gasteiger partial charge in [-0.3, -0.25) is 0 Å². The first-order chi connectivity index (χ1) is 5.34. The van der Waals surface area contributed by atoms with Gasteiger partial charge in [0.05, 0.1) is 13.4 Å². The van der Waals surface area contributed by atoms with Crippen molar-refractivity contribution in [3.63, 3.8) is 0 Å². The molecule has 0 bridgehead atoms. The first-order valence-electron chi connectivity index (χ1n) is 3.59. The summed E-state index contributed by atoms with van der Waals surface area (Å²) < 4.78 is 4.82. The van der Waals surface area contributed by atoms with Gasteiger partial charge >= 0.3 is 0 Å². The molecule has 58 valence electrons. The number of benzene rings is 1. The third-order valence-electron chi connectivity index (χ3n) is 1.57. The van der Waals surface area contributed by atoms with E-state index in [4.69, 9.17) is 4.74 Å². The van der Waals surface area contributed by atoms with Gasteiger partial charge in [0.2, 0.25) is 0 Å². The molecule has 0 unspecified atom stereocenters. The van der Waals surface area contributed by atoms with Crippen LogP contribution in [0.1, 0.15) is 11.1 Å². The molecule has 0 aliphatic carbocycles. The minimum absolute atomic E-state index is 1.20. The highest BCUT2D eigenvalue weighted by Gasteiger charge is 1.89. The van der Waals surface area contributed by atoms with E-state index in [0.29, 0.717) is 0 Å². The number of aryl methyl sites for hydroxylation is 1. The van der Waals surface area contributed by atoms with Crippen LogP contribution in [0.3, 0.4) is 0 Å². The van der Waals surface area contributed by atoms with Crippen molar-refractivity contribution in [1.29, 1.82) is 0 Å². The summed E-state index contributed by atoms with van der Waals surface area (Å²) in [7, 11) is 1.65. The van der Waals surface area contributed by atoms with Crippen LogP contribution in [-0.2, 0) is 4.74 Å². The van der Waals surface area contributed by atoms with Crippen molar-refractivity contribution in [1.82, 2.24) is 0 Å². The summed E-state index contributed by atoms with van der Waals surface area (Å²) in [5.74, 6) is 0. The van der Waals surface area contributed by atoms with E-state index in [9.17, 15) is 0 Å². The number of hydrogen-bond donors (Lipinski definition) is 0. The van der Waals surface area contributed by atoms with E-state index in [1.54, 1.807) is 13.4 Å². The number of methoxy groups -OCH3 is 1. The molecule has 0 radical (unpaired) electrons. The molecule has 11 heavy (non-hydrogen) atoms. The van der Waals surface area contributed by atoms with E-state index in [1.807, 2.05) is 18.2 Å². The molecule has 0 amide bonds. The maximum atomic E-state index is 4.82. The highest BCUT2D eigenvalue weighted by molar-refractivity contribution is 5.52. The molecular weight excluding hydrogens is 136 g/mol. The van der Waals surface area contributed by atoms with Gasteiger partial charge in [-0.15, -0.1) is 0 Å². The van der Waals surface area contributed by atoms with E-state index in [1.165, 1.54) is 11.1 Å². The summed E-state index contributed by atoms with van der Waals surface area (Å²) in [6, 6.07) is 8.18. The third-order valence-corrected chi connectivity index (χ3v) is 1.57. The van der Waals surface area contributed by atoms with E-state index < -0.39 is 0 Å². The summed E-state index contributed by atoms with van der Waals surface area (Å²) in [4.78, 5) is 0. The third kappa shape index (κ3) is 2.11. The SMILES string of the molecule is CO/C=C/c1ccccc1C.